The Hall–Kier alpha value is -3.98. The highest BCUT2D eigenvalue weighted by molar-refractivity contribution is 6.36. The van der Waals surface area contributed by atoms with Crippen molar-refractivity contribution >= 4 is 39.8 Å². The topological polar surface area (TPSA) is 111 Å². The maximum absolute atomic E-state index is 13.3. The molecule has 1 aromatic carbocycles. The molecule has 0 bridgehead atoms. The summed E-state index contributed by atoms with van der Waals surface area (Å²) in [7, 11) is 0. The summed E-state index contributed by atoms with van der Waals surface area (Å²) in [5.41, 5.74) is 2.94. The average molecular weight is 657 g/mol. The van der Waals surface area contributed by atoms with E-state index in [4.69, 9.17) is 31.0 Å². The SMILES string of the molecule is N#CC[C@H]1CN(c2nc(OCCOC3CC3)nc3c2CCN(c2cncc4cccc(Cl)c24)C3)CCN1C(=O)/C=C/CN1CCCC1. The summed E-state index contributed by atoms with van der Waals surface area (Å²) in [6, 6.07) is 8.25. The van der Waals surface area contributed by atoms with Crippen molar-refractivity contribution in [2.75, 3.05) is 68.8 Å². The normalized spacial score (nSPS) is 20.2. The van der Waals surface area contributed by atoms with Gasteiger partial charge in [0.15, 0.2) is 0 Å². The van der Waals surface area contributed by atoms with E-state index in [1.54, 1.807) is 6.08 Å². The third-order valence-electron chi connectivity index (χ3n) is 9.48. The van der Waals surface area contributed by atoms with Crippen molar-refractivity contribution in [2.24, 2.45) is 0 Å². The van der Waals surface area contributed by atoms with Crippen LogP contribution in [0.5, 0.6) is 6.01 Å². The van der Waals surface area contributed by atoms with Crippen molar-refractivity contribution in [3.05, 3.63) is 59.0 Å². The predicted octanol–water partition coefficient (Wildman–Crippen LogP) is 4.38. The number of hydrogen-bond donors (Lipinski definition) is 0. The summed E-state index contributed by atoms with van der Waals surface area (Å²) in [5.74, 6) is 0.785. The van der Waals surface area contributed by atoms with Crippen LogP contribution >= 0.6 is 11.6 Å². The Morgan fingerprint density at radius 2 is 1.94 bits per heavy atom. The lowest BCUT2D eigenvalue weighted by atomic mass is 10.0. The Bertz CT molecular complexity index is 1660. The number of rotatable bonds is 11. The van der Waals surface area contributed by atoms with Gasteiger partial charge in [-0.15, -0.1) is 0 Å². The Morgan fingerprint density at radius 3 is 2.77 bits per heavy atom. The number of nitriles is 1. The lowest BCUT2D eigenvalue weighted by Gasteiger charge is -2.42. The van der Waals surface area contributed by atoms with E-state index in [9.17, 15) is 10.1 Å². The van der Waals surface area contributed by atoms with Crippen LogP contribution in [-0.2, 0) is 22.5 Å². The molecule has 1 atom stereocenters. The number of hydrogen-bond acceptors (Lipinski definition) is 10. The number of ether oxygens (including phenoxy) is 2. The van der Waals surface area contributed by atoms with Crippen LogP contribution in [0.15, 0.2) is 42.7 Å². The van der Waals surface area contributed by atoms with Crippen molar-refractivity contribution in [1.82, 2.24) is 24.8 Å². The summed E-state index contributed by atoms with van der Waals surface area (Å²) in [6.07, 6.45) is 13.3. The first-order valence-electron chi connectivity index (χ1n) is 16.8. The van der Waals surface area contributed by atoms with Crippen LogP contribution in [0.3, 0.4) is 0 Å². The number of likely N-dealkylation sites (tertiary alicyclic amines) is 1. The van der Waals surface area contributed by atoms with Crippen LogP contribution in [0.1, 0.15) is 43.4 Å². The Balaban J connectivity index is 1.13. The van der Waals surface area contributed by atoms with Gasteiger partial charge in [-0.1, -0.05) is 29.8 Å². The van der Waals surface area contributed by atoms with E-state index < -0.39 is 0 Å². The standard InChI is InChI=1S/C35H41ClN8O3/c36-29-6-3-5-25-21-38-22-31(33(25)29)42-16-11-28-30(24-42)39-35(47-20-19-46-27-8-9-27)40-34(28)43-17-18-44(26(23-43)10-12-37)32(45)7-4-15-41-13-1-2-14-41/h3-7,21-22,26-27H,1-2,8-11,13-20,23-24H2/b7-4+/t26-/m0/s1. The van der Waals surface area contributed by atoms with Crippen LogP contribution in [0.4, 0.5) is 11.5 Å². The van der Waals surface area contributed by atoms with Gasteiger partial charge in [-0.05, 0) is 51.3 Å². The second kappa shape index (κ2) is 14.4. The zero-order valence-corrected chi connectivity index (χ0v) is 27.4. The number of fused-ring (bicyclic) bond motifs is 2. The predicted molar refractivity (Wildman–Crippen MR) is 181 cm³/mol. The number of nitrogens with zero attached hydrogens (tertiary/aromatic N) is 8. The molecule has 47 heavy (non-hydrogen) atoms. The molecule has 7 rings (SSSR count). The summed E-state index contributed by atoms with van der Waals surface area (Å²) in [4.78, 5) is 36.3. The number of carbonyl (C=O) groups is 1. The maximum atomic E-state index is 13.3. The van der Waals surface area contributed by atoms with Crippen molar-refractivity contribution in [2.45, 2.75) is 57.2 Å². The van der Waals surface area contributed by atoms with Gasteiger partial charge in [0.1, 0.15) is 12.4 Å². The van der Waals surface area contributed by atoms with Crippen LogP contribution in [0, 0.1) is 11.3 Å². The van der Waals surface area contributed by atoms with E-state index >= 15 is 0 Å². The molecule has 1 aliphatic carbocycles. The molecule has 0 N–H and O–H groups in total. The van der Waals surface area contributed by atoms with Crippen LogP contribution in [0.25, 0.3) is 10.8 Å². The molecule has 11 nitrogen and oxygen atoms in total. The monoisotopic (exact) mass is 656 g/mol. The first-order chi connectivity index (χ1) is 23.1. The Labute approximate surface area is 280 Å². The molecule has 2 aromatic heterocycles. The summed E-state index contributed by atoms with van der Waals surface area (Å²) in [5, 5.41) is 12.4. The first-order valence-corrected chi connectivity index (χ1v) is 17.2. The number of halogens is 1. The van der Waals surface area contributed by atoms with Crippen LogP contribution in [0.2, 0.25) is 5.02 Å². The van der Waals surface area contributed by atoms with E-state index in [1.807, 2.05) is 41.6 Å². The Morgan fingerprint density at radius 1 is 1.06 bits per heavy atom. The number of carbonyl (C=O) groups excluding carboxylic acids is 1. The smallest absolute Gasteiger partial charge is 0.318 e. The van der Waals surface area contributed by atoms with Gasteiger partial charge in [0.25, 0.3) is 0 Å². The zero-order valence-electron chi connectivity index (χ0n) is 26.7. The van der Waals surface area contributed by atoms with Crippen LogP contribution in [-0.4, -0.2) is 102 Å². The van der Waals surface area contributed by atoms with Gasteiger partial charge in [0.05, 0.1) is 60.4 Å². The number of aromatic nitrogens is 3. The highest BCUT2D eigenvalue weighted by Gasteiger charge is 2.34. The minimum Gasteiger partial charge on any atom is -0.461 e. The third kappa shape index (κ3) is 7.30. The quantitative estimate of drug-likeness (QED) is 0.218. The maximum Gasteiger partial charge on any atom is 0.318 e. The molecular formula is C35H41ClN8O3. The van der Waals surface area contributed by atoms with Gasteiger partial charge in [0, 0.05) is 61.3 Å². The van der Waals surface area contributed by atoms with Gasteiger partial charge in [-0.2, -0.15) is 15.2 Å². The van der Waals surface area contributed by atoms with Gasteiger partial charge < -0.3 is 24.2 Å². The molecule has 1 amide bonds. The number of pyridine rings is 1. The molecule has 0 spiro atoms. The summed E-state index contributed by atoms with van der Waals surface area (Å²) >= 11 is 6.69. The molecule has 1 saturated carbocycles. The van der Waals surface area contributed by atoms with Crippen molar-refractivity contribution in [1.29, 1.82) is 5.26 Å². The highest BCUT2D eigenvalue weighted by Crippen LogP contribution is 2.37. The molecule has 0 radical (unpaired) electrons. The lowest BCUT2D eigenvalue weighted by molar-refractivity contribution is -0.128. The summed E-state index contributed by atoms with van der Waals surface area (Å²) < 4.78 is 11.9. The van der Waals surface area contributed by atoms with E-state index in [2.05, 4.69) is 25.8 Å². The van der Waals surface area contributed by atoms with Crippen molar-refractivity contribution < 1.29 is 14.3 Å². The molecule has 3 aromatic rings. The molecule has 3 fully saturated rings. The van der Waals surface area contributed by atoms with Crippen LogP contribution < -0.4 is 14.5 Å². The average Bonchev–Trinajstić information content (AvgIpc) is 3.77. The highest BCUT2D eigenvalue weighted by atomic mass is 35.5. The second-order valence-electron chi connectivity index (χ2n) is 12.7. The first kappa shape index (κ1) is 31.6. The molecule has 246 valence electrons. The van der Waals surface area contributed by atoms with E-state index in [1.165, 1.54) is 12.8 Å². The van der Waals surface area contributed by atoms with Gasteiger partial charge in [-0.3, -0.25) is 14.7 Å². The molecule has 5 heterocycles. The molecular weight excluding hydrogens is 616 g/mol. The molecule has 0 unspecified atom stereocenters. The Kier molecular flexibility index (Phi) is 9.70. The second-order valence-corrected chi connectivity index (χ2v) is 13.2. The fourth-order valence-electron chi connectivity index (χ4n) is 6.90. The van der Waals surface area contributed by atoms with E-state index in [0.29, 0.717) is 56.5 Å². The number of benzene rings is 1. The third-order valence-corrected chi connectivity index (χ3v) is 9.80. The molecule has 2 saturated heterocycles. The van der Waals surface area contributed by atoms with Gasteiger partial charge in [0.2, 0.25) is 5.91 Å². The van der Waals surface area contributed by atoms with Gasteiger partial charge in [-0.25, -0.2) is 0 Å². The minimum atomic E-state index is -0.247. The van der Waals surface area contributed by atoms with E-state index in [0.717, 1.165) is 79.0 Å². The molecule has 4 aliphatic rings. The van der Waals surface area contributed by atoms with Gasteiger partial charge >= 0.3 is 6.01 Å². The molecule has 3 aliphatic heterocycles. The van der Waals surface area contributed by atoms with Crippen molar-refractivity contribution in [3.8, 4) is 12.1 Å². The minimum absolute atomic E-state index is 0.0356. The zero-order chi connectivity index (χ0) is 32.2. The van der Waals surface area contributed by atoms with E-state index in [-0.39, 0.29) is 18.4 Å². The number of amides is 1. The number of anilines is 2. The lowest BCUT2D eigenvalue weighted by Crippen LogP contribution is -2.55. The molecule has 12 heteroatoms. The largest absolute Gasteiger partial charge is 0.461 e. The fourth-order valence-corrected chi connectivity index (χ4v) is 7.17. The fraction of sp³-hybridized carbons (Fsp3) is 0.514. The van der Waals surface area contributed by atoms with Crippen molar-refractivity contribution in [3.63, 3.8) is 0 Å². The summed E-state index contributed by atoms with van der Waals surface area (Å²) in [6.45, 7) is 6.73. The number of piperazine rings is 1.